The lowest BCUT2D eigenvalue weighted by atomic mass is 10.1. The van der Waals surface area contributed by atoms with Crippen LogP contribution in [-0.2, 0) is 10.9 Å². The third kappa shape index (κ3) is 4.73. The van der Waals surface area contributed by atoms with Crippen LogP contribution < -0.4 is 10.6 Å². The van der Waals surface area contributed by atoms with Gasteiger partial charge in [0.15, 0.2) is 5.69 Å². The van der Waals surface area contributed by atoms with Crippen molar-refractivity contribution < 1.29 is 17.9 Å². The Hall–Kier alpha value is -1.57. The van der Waals surface area contributed by atoms with Gasteiger partial charge in [-0.15, -0.1) is 0 Å². The van der Waals surface area contributed by atoms with Crippen molar-refractivity contribution in [1.29, 1.82) is 0 Å². The van der Waals surface area contributed by atoms with Crippen LogP contribution in [0, 0.1) is 0 Å². The highest BCUT2D eigenvalue weighted by molar-refractivity contribution is 5.43. The minimum atomic E-state index is -4.49. The number of halogens is 3. The number of anilines is 2. The first-order valence-electron chi connectivity index (χ1n) is 7.03. The summed E-state index contributed by atoms with van der Waals surface area (Å²) in [6.45, 7) is 3.66. The molecule has 0 aliphatic carbocycles. The van der Waals surface area contributed by atoms with Crippen molar-refractivity contribution in [2.24, 2.45) is 0 Å². The molecule has 0 amide bonds. The molecule has 1 fully saturated rings. The summed E-state index contributed by atoms with van der Waals surface area (Å²) in [5.74, 6) is 0.198. The second-order valence-electron chi connectivity index (χ2n) is 4.92. The van der Waals surface area contributed by atoms with E-state index in [0.717, 1.165) is 25.3 Å². The largest absolute Gasteiger partial charge is 0.433 e. The first-order chi connectivity index (χ1) is 9.99. The highest BCUT2D eigenvalue weighted by Gasteiger charge is 2.34. The van der Waals surface area contributed by atoms with Gasteiger partial charge >= 0.3 is 6.18 Å². The van der Waals surface area contributed by atoms with E-state index in [1.165, 1.54) is 0 Å². The van der Waals surface area contributed by atoms with Crippen molar-refractivity contribution in [3.05, 3.63) is 11.8 Å². The molecule has 8 heteroatoms. The van der Waals surface area contributed by atoms with Gasteiger partial charge in [-0.1, -0.05) is 6.92 Å². The summed E-state index contributed by atoms with van der Waals surface area (Å²) < 4.78 is 43.9. The summed E-state index contributed by atoms with van der Waals surface area (Å²) in [6, 6.07) is 1.03. The molecule has 0 radical (unpaired) electrons. The SMILES string of the molecule is CCCNc1nc(NC2CCOCC2)cc(C(F)(F)F)n1. The molecule has 0 bridgehead atoms. The Morgan fingerprint density at radius 3 is 2.62 bits per heavy atom. The van der Waals surface area contributed by atoms with E-state index in [1.807, 2.05) is 6.92 Å². The number of rotatable bonds is 5. The number of alkyl halides is 3. The Morgan fingerprint density at radius 1 is 1.29 bits per heavy atom. The quantitative estimate of drug-likeness (QED) is 0.876. The number of nitrogens with zero attached hydrogens (tertiary/aromatic N) is 2. The van der Waals surface area contributed by atoms with E-state index in [-0.39, 0.29) is 17.8 Å². The van der Waals surface area contributed by atoms with Crippen LogP contribution in [0.25, 0.3) is 0 Å². The third-order valence-electron chi connectivity index (χ3n) is 3.12. The predicted octanol–water partition coefficient (Wildman–Crippen LogP) is 2.91. The molecule has 2 rings (SSSR count). The molecule has 0 saturated carbocycles. The van der Waals surface area contributed by atoms with E-state index in [0.29, 0.717) is 19.8 Å². The van der Waals surface area contributed by atoms with Crippen molar-refractivity contribution in [3.8, 4) is 0 Å². The van der Waals surface area contributed by atoms with Crippen LogP contribution in [0.3, 0.4) is 0 Å². The van der Waals surface area contributed by atoms with E-state index < -0.39 is 11.9 Å². The molecule has 5 nitrogen and oxygen atoms in total. The summed E-state index contributed by atoms with van der Waals surface area (Å²) in [5, 5.41) is 5.84. The maximum absolute atomic E-state index is 12.9. The van der Waals surface area contributed by atoms with Crippen molar-refractivity contribution in [2.75, 3.05) is 30.4 Å². The maximum atomic E-state index is 12.9. The monoisotopic (exact) mass is 304 g/mol. The van der Waals surface area contributed by atoms with Gasteiger partial charge in [-0.3, -0.25) is 0 Å². The molecule has 0 aromatic carbocycles. The van der Waals surface area contributed by atoms with Crippen molar-refractivity contribution in [2.45, 2.75) is 38.4 Å². The molecule has 2 N–H and O–H groups in total. The first kappa shape index (κ1) is 15.8. The molecule has 1 aromatic heterocycles. The third-order valence-corrected chi connectivity index (χ3v) is 3.12. The van der Waals surface area contributed by atoms with Crippen LogP contribution in [0.15, 0.2) is 6.07 Å². The Morgan fingerprint density at radius 2 is 2.00 bits per heavy atom. The molecular formula is C13H19F3N4O. The average Bonchev–Trinajstić information content (AvgIpc) is 2.45. The van der Waals surface area contributed by atoms with Gasteiger partial charge in [0, 0.05) is 31.9 Å². The molecule has 1 aliphatic rings. The van der Waals surface area contributed by atoms with Gasteiger partial charge in [0.05, 0.1) is 0 Å². The number of hydrogen-bond acceptors (Lipinski definition) is 5. The molecule has 1 saturated heterocycles. The van der Waals surface area contributed by atoms with Crippen molar-refractivity contribution >= 4 is 11.8 Å². The number of hydrogen-bond donors (Lipinski definition) is 2. The minimum Gasteiger partial charge on any atom is -0.381 e. The zero-order valence-corrected chi connectivity index (χ0v) is 11.8. The second-order valence-corrected chi connectivity index (χ2v) is 4.92. The lowest BCUT2D eigenvalue weighted by molar-refractivity contribution is -0.141. The summed E-state index contributed by atoms with van der Waals surface area (Å²) in [7, 11) is 0. The summed E-state index contributed by atoms with van der Waals surface area (Å²) in [5.41, 5.74) is -0.939. The highest BCUT2D eigenvalue weighted by atomic mass is 19.4. The molecule has 0 unspecified atom stereocenters. The molecule has 118 valence electrons. The van der Waals surface area contributed by atoms with Crippen LogP contribution in [-0.4, -0.2) is 35.8 Å². The molecule has 0 atom stereocenters. The maximum Gasteiger partial charge on any atom is 0.433 e. The standard InChI is InChI=1S/C13H19F3N4O/c1-2-5-17-12-19-10(13(14,15)16)8-11(20-12)18-9-3-6-21-7-4-9/h8-9H,2-7H2,1H3,(H2,17,18,19,20). The molecule has 0 spiro atoms. The Bertz CT molecular complexity index is 461. The molecular weight excluding hydrogens is 285 g/mol. The summed E-state index contributed by atoms with van der Waals surface area (Å²) in [4.78, 5) is 7.63. The van der Waals surface area contributed by atoms with Crippen LogP contribution in [0.5, 0.6) is 0 Å². The zero-order valence-electron chi connectivity index (χ0n) is 11.8. The molecule has 1 aliphatic heterocycles. The van der Waals surface area contributed by atoms with E-state index in [9.17, 15) is 13.2 Å². The average molecular weight is 304 g/mol. The minimum absolute atomic E-state index is 0.00114. The first-order valence-corrected chi connectivity index (χ1v) is 7.03. The van der Waals surface area contributed by atoms with E-state index in [4.69, 9.17) is 4.74 Å². The topological polar surface area (TPSA) is 59.1 Å². The second kappa shape index (κ2) is 6.93. The van der Waals surface area contributed by atoms with Crippen LogP contribution in [0.4, 0.5) is 24.9 Å². The lowest BCUT2D eigenvalue weighted by Gasteiger charge is -2.24. The molecule has 21 heavy (non-hydrogen) atoms. The van der Waals surface area contributed by atoms with Gasteiger partial charge in [0.2, 0.25) is 5.95 Å². The van der Waals surface area contributed by atoms with E-state index in [2.05, 4.69) is 20.6 Å². The van der Waals surface area contributed by atoms with Crippen LogP contribution in [0.2, 0.25) is 0 Å². The van der Waals surface area contributed by atoms with Crippen molar-refractivity contribution in [1.82, 2.24) is 9.97 Å². The van der Waals surface area contributed by atoms with E-state index >= 15 is 0 Å². The fraction of sp³-hybridized carbons (Fsp3) is 0.692. The summed E-state index contributed by atoms with van der Waals surface area (Å²) in [6.07, 6.45) is -2.20. The fourth-order valence-electron chi connectivity index (χ4n) is 2.03. The van der Waals surface area contributed by atoms with Gasteiger partial charge in [-0.25, -0.2) is 4.98 Å². The zero-order chi connectivity index (χ0) is 15.3. The Kier molecular flexibility index (Phi) is 5.22. The van der Waals surface area contributed by atoms with Gasteiger partial charge in [0.1, 0.15) is 5.82 Å². The number of ether oxygens (including phenoxy) is 1. The summed E-state index contributed by atoms with van der Waals surface area (Å²) >= 11 is 0. The predicted molar refractivity (Wildman–Crippen MR) is 73.3 cm³/mol. The van der Waals surface area contributed by atoms with Gasteiger partial charge < -0.3 is 15.4 Å². The van der Waals surface area contributed by atoms with Crippen LogP contribution in [0.1, 0.15) is 31.9 Å². The number of nitrogens with one attached hydrogen (secondary N) is 2. The normalized spacial score (nSPS) is 16.8. The van der Waals surface area contributed by atoms with Crippen molar-refractivity contribution in [3.63, 3.8) is 0 Å². The van der Waals surface area contributed by atoms with Gasteiger partial charge in [0.25, 0.3) is 0 Å². The Balaban J connectivity index is 2.17. The van der Waals surface area contributed by atoms with Gasteiger partial charge in [-0.2, -0.15) is 18.2 Å². The van der Waals surface area contributed by atoms with E-state index in [1.54, 1.807) is 0 Å². The highest BCUT2D eigenvalue weighted by Crippen LogP contribution is 2.30. The lowest BCUT2D eigenvalue weighted by Crippen LogP contribution is -2.28. The van der Waals surface area contributed by atoms with Gasteiger partial charge in [-0.05, 0) is 19.3 Å². The van der Waals surface area contributed by atoms with Crippen LogP contribution >= 0.6 is 0 Å². The fourth-order valence-corrected chi connectivity index (χ4v) is 2.03. The molecule has 2 heterocycles. The molecule has 1 aromatic rings. The number of aromatic nitrogens is 2. The smallest absolute Gasteiger partial charge is 0.381 e. The Labute approximate surface area is 121 Å².